The molecule has 20 heteroatoms. The molecule has 6 rings (SSSR count). The standard InChI is InChI=1S/C20H24Cl2N2O3.C20H23Cl2NO3.C19H22Cl2N2O3.CH4/c1-11(23)20(27)24-18(19(26)12(2)25)7-13-3-5-14(6-4-13)15-8-16(21)10-17(22)9-15;1-3-19(25)23-18(20(26)12(2)24)8-13-4-6-14(7-5-13)15-9-16(21)11-17(22)10-15;1-11(24)19(26)17(23-18(25)10-22)6-12-2-4-13(5-3-12)14-7-15(20)9-16(21)8-14;/h3-6,8-12,18-19,25-26H,7,23H2,1-2H3,(H,24,27);4-7,9-12,18,20,24,26H,3,8H2,1-2H3,(H,23,25);2-5,7-9,11,17,19,24,26H,6,10,22H2,1H3,(H,23,25);1H4/t11-,12?,18?,19?;;;/m0.../s1. The maximum absolute atomic E-state index is 11.9. The molecule has 0 saturated heterocycles. The Balaban J connectivity index is 0.000000313. The Kier molecular flexibility index (Phi) is 29.4. The van der Waals surface area contributed by atoms with Gasteiger partial charge in [0.05, 0.1) is 49.0 Å². The summed E-state index contributed by atoms with van der Waals surface area (Å²) in [7, 11) is 0. The highest BCUT2D eigenvalue weighted by molar-refractivity contribution is 6.36. The van der Waals surface area contributed by atoms with Gasteiger partial charge in [-0.1, -0.05) is 157 Å². The minimum atomic E-state index is -1.11. The van der Waals surface area contributed by atoms with Crippen LogP contribution in [0.5, 0.6) is 0 Å². The zero-order valence-corrected chi connectivity index (χ0v) is 48.8. The minimum Gasteiger partial charge on any atom is -0.391 e. The predicted molar refractivity (Wildman–Crippen MR) is 325 cm³/mol. The summed E-state index contributed by atoms with van der Waals surface area (Å²) < 4.78 is 0. The fraction of sp³-hybridized carbons (Fsp3) is 0.350. The molecule has 6 aromatic carbocycles. The van der Waals surface area contributed by atoms with E-state index in [0.717, 1.165) is 50.1 Å². The van der Waals surface area contributed by atoms with Gasteiger partial charge in [-0.2, -0.15) is 0 Å². The zero-order chi connectivity index (χ0) is 58.7. The van der Waals surface area contributed by atoms with Crippen LogP contribution in [-0.4, -0.2) is 116 Å². The number of halogens is 6. The molecule has 10 atom stereocenters. The van der Waals surface area contributed by atoms with Gasteiger partial charge in [0.1, 0.15) is 18.3 Å². The Morgan fingerprint density at radius 3 is 0.900 bits per heavy atom. The Bertz CT molecular complexity index is 2710. The van der Waals surface area contributed by atoms with Gasteiger partial charge in [-0.25, -0.2) is 0 Å². The number of nitrogens with two attached hydrogens (primary N) is 2. The quantitative estimate of drug-likeness (QED) is 0.0323. The molecule has 0 aromatic heterocycles. The van der Waals surface area contributed by atoms with Crippen LogP contribution in [0, 0.1) is 0 Å². The van der Waals surface area contributed by atoms with E-state index in [1.807, 2.05) is 109 Å². The van der Waals surface area contributed by atoms with E-state index < -0.39 is 60.8 Å². The van der Waals surface area contributed by atoms with E-state index in [0.29, 0.717) is 55.8 Å². The van der Waals surface area contributed by atoms with Crippen molar-refractivity contribution in [2.24, 2.45) is 11.5 Å². The van der Waals surface area contributed by atoms with Gasteiger partial charge < -0.3 is 58.1 Å². The topological polar surface area (TPSA) is 261 Å². The highest BCUT2D eigenvalue weighted by Crippen LogP contribution is 2.31. The van der Waals surface area contributed by atoms with Crippen molar-refractivity contribution in [1.82, 2.24) is 16.0 Å². The maximum atomic E-state index is 11.9. The minimum absolute atomic E-state index is 0. The molecule has 0 aliphatic carbocycles. The monoisotopic (exact) mass is 1220 g/mol. The molecular formula is C60H73Cl6N5O9. The highest BCUT2D eigenvalue weighted by atomic mass is 35.5. The van der Waals surface area contributed by atoms with Gasteiger partial charge >= 0.3 is 0 Å². The van der Waals surface area contributed by atoms with E-state index in [9.17, 15) is 45.0 Å². The number of rotatable bonds is 21. The molecule has 0 heterocycles. The fourth-order valence-corrected chi connectivity index (χ4v) is 9.67. The summed E-state index contributed by atoms with van der Waals surface area (Å²) in [4.78, 5) is 35.2. The zero-order valence-electron chi connectivity index (χ0n) is 44.3. The van der Waals surface area contributed by atoms with Crippen molar-refractivity contribution in [1.29, 1.82) is 0 Å². The lowest BCUT2D eigenvalue weighted by Crippen LogP contribution is -2.52. The maximum Gasteiger partial charge on any atom is 0.236 e. The SMILES string of the molecule is C.CC(O)C(O)C(Cc1ccc(-c2cc(Cl)cc(Cl)c2)cc1)NC(=O)CN.CC(O)C(O)C(Cc1ccc(-c2cc(Cl)cc(Cl)c2)cc1)NC(=O)[C@H](C)N.CCC(=O)NC(Cc1ccc(-c2cc(Cl)cc(Cl)c2)cc1)C(O)C(C)O. The number of nitrogens with one attached hydrogen (secondary N) is 3. The first-order valence-corrected chi connectivity index (χ1v) is 27.6. The van der Waals surface area contributed by atoms with Crippen molar-refractivity contribution in [3.8, 4) is 33.4 Å². The van der Waals surface area contributed by atoms with Crippen LogP contribution in [0.3, 0.4) is 0 Å². The van der Waals surface area contributed by atoms with Gasteiger partial charge in [0.25, 0.3) is 0 Å². The van der Waals surface area contributed by atoms with Crippen molar-refractivity contribution in [2.75, 3.05) is 6.54 Å². The number of carbonyl (C=O) groups excluding carboxylic acids is 3. The van der Waals surface area contributed by atoms with Crippen LogP contribution in [0.2, 0.25) is 30.1 Å². The molecule has 0 aliphatic heterocycles. The average molecular weight is 1220 g/mol. The summed E-state index contributed by atoms with van der Waals surface area (Å²) in [6.07, 6.45) is -4.73. The molecule has 0 radical (unpaired) electrons. The van der Waals surface area contributed by atoms with Crippen LogP contribution in [0.4, 0.5) is 0 Å². The van der Waals surface area contributed by atoms with Crippen molar-refractivity contribution in [2.45, 2.75) is 129 Å². The van der Waals surface area contributed by atoms with Gasteiger partial charge in [-0.05, 0) is 152 Å². The molecule has 9 unspecified atom stereocenters. The normalized spacial score (nSPS) is 14.7. The van der Waals surface area contributed by atoms with E-state index in [1.165, 1.54) is 20.8 Å². The summed E-state index contributed by atoms with van der Waals surface area (Å²) in [6.45, 7) is 7.57. The largest absolute Gasteiger partial charge is 0.391 e. The first-order chi connectivity index (χ1) is 37.3. The molecule has 3 amide bonds. The van der Waals surface area contributed by atoms with Crippen LogP contribution in [0.1, 0.15) is 65.2 Å². The predicted octanol–water partition coefficient (Wildman–Crippen LogP) is 9.64. The lowest BCUT2D eigenvalue weighted by molar-refractivity contribution is -0.124. The van der Waals surface area contributed by atoms with Crippen LogP contribution in [-0.2, 0) is 33.6 Å². The van der Waals surface area contributed by atoms with Gasteiger partial charge in [0, 0.05) is 36.6 Å². The van der Waals surface area contributed by atoms with Crippen molar-refractivity contribution < 1.29 is 45.0 Å². The number of hydrogen-bond donors (Lipinski definition) is 11. The van der Waals surface area contributed by atoms with E-state index >= 15 is 0 Å². The van der Waals surface area contributed by atoms with Gasteiger partial charge in [0.15, 0.2) is 0 Å². The second-order valence-corrected chi connectivity index (χ2v) is 21.8. The summed E-state index contributed by atoms with van der Waals surface area (Å²) in [6, 6.07) is 36.4. The van der Waals surface area contributed by atoms with Crippen molar-refractivity contribution in [3.05, 3.63) is 174 Å². The molecule has 0 bridgehead atoms. The third-order valence-corrected chi connectivity index (χ3v) is 13.8. The van der Waals surface area contributed by atoms with E-state index in [2.05, 4.69) is 16.0 Å². The van der Waals surface area contributed by atoms with Crippen LogP contribution in [0.25, 0.3) is 33.4 Å². The average Bonchev–Trinajstić information content (AvgIpc) is 3.40. The summed E-state index contributed by atoms with van der Waals surface area (Å²) in [5, 5.41) is 71.1. The first-order valence-electron chi connectivity index (χ1n) is 25.4. The van der Waals surface area contributed by atoms with E-state index in [1.54, 1.807) is 32.0 Å². The Hall–Kier alpha value is -4.85. The second kappa shape index (κ2) is 33.9. The van der Waals surface area contributed by atoms with Crippen LogP contribution >= 0.6 is 69.6 Å². The van der Waals surface area contributed by atoms with Gasteiger partial charge in [-0.15, -0.1) is 0 Å². The van der Waals surface area contributed by atoms with E-state index in [-0.39, 0.29) is 31.7 Å². The first kappa shape index (κ1) is 69.4. The molecule has 80 heavy (non-hydrogen) atoms. The molecule has 0 aliphatic rings. The number of amides is 3. The second-order valence-electron chi connectivity index (χ2n) is 19.2. The number of benzene rings is 6. The lowest BCUT2D eigenvalue weighted by Gasteiger charge is -2.27. The number of aliphatic hydroxyl groups is 6. The van der Waals surface area contributed by atoms with Gasteiger partial charge in [0.2, 0.25) is 17.7 Å². The third-order valence-electron chi connectivity index (χ3n) is 12.5. The summed E-state index contributed by atoms with van der Waals surface area (Å²) in [5.74, 6) is -0.940. The molecule has 434 valence electrons. The molecule has 0 spiro atoms. The van der Waals surface area contributed by atoms with E-state index in [4.69, 9.17) is 81.1 Å². The Labute approximate surface area is 499 Å². The molecule has 13 N–H and O–H groups in total. The smallest absolute Gasteiger partial charge is 0.236 e. The number of hydrogen-bond acceptors (Lipinski definition) is 11. The molecular weight excluding hydrogens is 1150 g/mol. The fourth-order valence-electron chi connectivity index (χ4n) is 8.09. The van der Waals surface area contributed by atoms with Crippen molar-refractivity contribution >= 4 is 87.3 Å². The third kappa shape index (κ3) is 22.8. The van der Waals surface area contributed by atoms with Crippen LogP contribution < -0.4 is 27.4 Å². The Morgan fingerprint density at radius 2 is 0.675 bits per heavy atom. The molecule has 0 fully saturated rings. The Morgan fingerprint density at radius 1 is 0.425 bits per heavy atom. The highest BCUT2D eigenvalue weighted by Gasteiger charge is 2.28. The summed E-state index contributed by atoms with van der Waals surface area (Å²) in [5.41, 5.74) is 19.2. The summed E-state index contributed by atoms with van der Waals surface area (Å²) >= 11 is 36.3. The lowest BCUT2D eigenvalue weighted by atomic mass is 9.96. The molecule has 14 nitrogen and oxygen atoms in total. The number of carbonyl (C=O) groups is 3. The van der Waals surface area contributed by atoms with Crippen LogP contribution in [0.15, 0.2) is 127 Å². The molecule has 6 aromatic rings. The molecule has 0 saturated carbocycles. The van der Waals surface area contributed by atoms with Gasteiger partial charge in [-0.3, -0.25) is 14.4 Å². The van der Waals surface area contributed by atoms with Crippen molar-refractivity contribution in [3.63, 3.8) is 0 Å². The number of aliphatic hydroxyl groups excluding tert-OH is 6.